The fourth-order valence-corrected chi connectivity index (χ4v) is 1.15. The number of alkyl halides is 3. The van der Waals surface area contributed by atoms with Crippen LogP contribution < -0.4 is 10.1 Å². The smallest absolute Gasteiger partial charge is 0.404 e. The molecule has 0 aromatic heterocycles. The summed E-state index contributed by atoms with van der Waals surface area (Å²) >= 11 is 0. The molecule has 0 aliphatic carbocycles. The summed E-state index contributed by atoms with van der Waals surface area (Å²) in [6.45, 7) is -0.814. The molecule has 3 N–H and O–H groups in total. The number of rotatable bonds is 5. The van der Waals surface area contributed by atoms with Gasteiger partial charge in [-0.15, -0.1) is 13.2 Å². The molecule has 0 fully saturated rings. The molecule has 102 valence electrons. The predicted molar refractivity (Wildman–Crippen MR) is 54.7 cm³/mol. The maximum atomic E-state index is 12.9. The minimum atomic E-state index is -4.90. The highest BCUT2D eigenvalue weighted by molar-refractivity contribution is 5.56. The summed E-state index contributed by atoms with van der Waals surface area (Å²) in [6.07, 6.45) is -6.07. The van der Waals surface area contributed by atoms with Crippen molar-refractivity contribution in [1.82, 2.24) is 0 Å². The van der Waals surface area contributed by atoms with Gasteiger partial charge in [0.25, 0.3) is 0 Å². The molecule has 1 aromatic rings. The zero-order valence-electron chi connectivity index (χ0n) is 9.04. The molecule has 4 nitrogen and oxygen atoms in total. The van der Waals surface area contributed by atoms with Crippen LogP contribution >= 0.6 is 0 Å². The second-order valence-electron chi connectivity index (χ2n) is 3.41. The van der Waals surface area contributed by atoms with Crippen LogP contribution in [0.15, 0.2) is 18.2 Å². The molecule has 1 atom stereocenters. The number of halogens is 4. The van der Waals surface area contributed by atoms with Gasteiger partial charge in [-0.2, -0.15) is 0 Å². The molecule has 0 aliphatic rings. The maximum Gasteiger partial charge on any atom is 0.573 e. The van der Waals surface area contributed by atoms with Gasteiger partial charge in [-0.25, -0.2) is 4.39 Å². The zero-order valence-corrected chi connectivity index (χ0v) is 9.04. The van der Waals surface area contributed by atoms with E-state index in [1.165, 1.54) is 0 Å². The number of aliphatic hydroxyl groups is 2. The molecule has 0 saturated carbocycles. The molecule has 1 aromatic carbocycles. The summed E-state index contributed by atoms with van der Waals surface area (Å²) in [5, 5.41) is 19.9. The average Bonchev–Trinajstić information content (AvgIpc) is 2.27. The number of ether oxygens (including phenoxy) is 1. The average molecular weight is 269 g/mol. The van der Waals surface area contributed by atoms with Gasteiger partial charge in [0, 0.05) is 12.6 Å². The van der Waals surface area contributed by atoms with E-state index in [4.69, 9.17) is 10.2 Å². The molecule has 0 amide bonds. The van der Waals surface area contributed by atoms with Gasteiger partial charge >= 0.3 is 6.36 Å². The second-order valence-corrected chi connectivity index (χ2v) is 3.41. The van der Waals surface area contributed by atoms with E-state index in [0.717, 1.165) is 18.2 Å². The van der Waals surface area contributed by atoms with E-state index in [1.807, 2.05) is 0 Å². The standard InChI is InChI=1S/C10H11F4NO3/c11-6-1-2-9(18-10(12,13)14)8(3-6)15-4-7(17)5-16/h1-3,7,15-17H,4-5H2. The first-order valence-corrected chi connectivity index (χ1v) is 4.90. The van der Waals surface area contributed by atoms with E-state index in [2.05, 4.69) is 10.1 Å². The number of benzene rings is 1. The van der Waals surface area contributed by atoms with Gasteiger partial charge in [-0.1, -0.05) is 0 Å². The van der Waals surface area contributed by atoms with E-state index < -0.39 is 30.6 Å². The Balaban J connectivity index is 2.83. The molecule has 8 heteroatoms. The molecule has 0 saturated heterocycles. The summed E-state index contributed by atoms with van der Waals surface area (Å²) in [7, 11) is 0. The van der Waals surface area contributed by atoms with Crippen molar-refractivity contribution < 1.29 is 32.5 Å². The number of hydrogen-bond acceptors (Lipinski definition) is 4. The Morgan fingerprint density at radius 2 is 2.00 bits per heavy atom. The lowest BCUT2D eigenvalue weighted by atomic mass is 10.2. The summed E-state index contributed by atoms with van der Waals surface area (Å²) in [5.74, 6) is -1.38. The minimum absolute atomic E-state index is 0.242. The lowest BCUT2D eigenvalue weighted by Gasteiger charge is -2.16. The van der Waals surface area contributed by atoms with Crippen LogP contribution in [0.1, 0.15) is 0 Å². The molecule has 1 unspecified atom stereocenters. The quantitative estimate of drug-likeness (QED) is 0.709. The number of anilines is 1. The lowest BCUT2D eigenvalue weighted by Crippen LogP contribution is -2.24. The van der Waals surface area contributed by atoms with Crippen LogP contribution in [0.3, 0.4) is 0 Å². The molecule has 0 bridgehead atoms. The van der Waals surface area contributed by atoms with Crippen molar-refractivity contribution in [3.8, 4) is 5.75 Å². The molecule has 0 spiro atoms. The van der Waals surface area contributed by atoms with Crippen molar-refractivity contribution in [2.24, 2.45) is 0 Å². The molecule has 0 heterocycles. The first-order chi connectivity index (χ1) is 8.31. The third-order valence-corrected chi connectivity index (χ3v) is 1.91. The largest absolute Gasteiger partial charge is 0.573 e. The van der Waals surface area contributed by atoms with Gasteiger partial charge in [0.15, 0.2) is 5.75 Å². The fourth-order valence-electron chi connectivity index (χ4n) is 1.15. The molecule has 18 heavy (non-hydrogen) atoms. The molecular formula is C10H11F4NO3. The van der Waals surface area contributed by atoms with Crippen molar-refractivity contribution >= 4 is 5.69 Å². The van der Waals surface area contributed by atoms with Crippen molar-refractivity contribution in [3.05, 3.63) is 24.0 Å². The molecular weight excluding hydrogens is 258 g/mol. The highest BCUT2D eigenvalue weighted by Crippen LogP contribution is 2.30. The number of aliphatic hydroxyl groups excluding tert-OH is 2. The van der Waals surface area contributed by atoms with Gasteiger partial charge in [-0.05, 0) is 12.1 Å². The van der Waals surface area contributed by atoms with Crippen LogP contribution in [0, 0.1) is 5.82 Å². The number of nitrogens with one attached hydrogen (secondary N) is 1. The van der Waals surface area contributed by atoms with E-state index in [0.29, 0.717) is 0 Å². The SMILES string of the molecule is OCC(O)CNc1cc(F)ccc1OC(F)(F)F. The van der Waals surface area contributed by atoms with Crippen molar-refractivity contribution in [1.29, 1.82) is 0 Å². The minimum Gasteiger partial charge on any atom is -0.404 e. The monoisotopic (exact) mass is 269 g/mol. The van der Waals surface area contributed by atoms with Gasteiger partial charge in [0.2, 0.25) is 0 Å². The summed E-state index contributed by atoms with van der Waals surface area (Å²) in [6, 6.07) is 2.43. The third-order valence-electron chi connectivity index (χ3n) is 1.91. The van der Waals surface area contributed by atoms with Crippen LogP contribution in [0.5, 0.6) is 5.75 Å². The Morgan fingerprint density at radius 1 is 1.33 bits per heavy atom. The Bertz CT molecular complexity index is 397. The van der Waals surface area contributed by atoms with Crippen molar-refractivity contribution in [2.75, 3.05) is 18.5 Å². The van der Waals surface area contributed by atoms with Crippen molar-refractivity contribution in [3.63, 3.8) is 0 Å². The summed E-state index contributed by atoms with van der Waals surface area (Å²) < 4.78 is 52.7. The van der Waals surface area contributed by atoms with Gasteiger partial charge in [-0.3, -0.25) is 0 Å². The van der Waals surface area contributed by atoms with Gasteiger partial charge in [0.05, 0.1) is 18.4 Å². The van der Waals surface area contributed by atoms with Crippen LogP contribution in [0.25, 0.3) is 0 Å². The van der Waals surface area contributed by atoms with E-state index in [9.17, 15) is 17.6 Å². The normalized spacial score (nSPS) is 13.2. The molecule has 1 rings (SSSR count). The molecule has 0 aliphatic heterocycles. The van der Waals surface area contributed by atoms with Crippen LogP contribution in [0.2, 0.25) is 0 Å². The predicted octanol–water partition coefficient (Wildman–Crippen LogP) is 1.49. The van der Waals surface area contributed by atoms with E-state index in [-0.39, 0.29) is 12.2 Å². The van der Waals surface area contributed by atoms with Gasteiger partial charge in [0.1, 0.15) is 5.82 Å². The van der Waals surface area contributed by atoms with E-state index in [1.54, 1.807) is 0 Å². The fraction of sp³-hybridized carbons (Fsp3) is 0.400. The Kier molecular flexibility index (Phi) is 4.74. The Hall–Kier alpha value is -1.54. The maximum absolute atomic E-state index is 12.9. The Morgan fingerprint density at radius 3 is 2.56 bits per heavy atom. The first-order valence-electron chi connectivity index (χ1n) is 4.90. The highest BCUT2D eigenvalue weighted by atomic mass is 19.4. The third kappa shape index (κ3) is 4.76. The van der Waals surface area contributed by atoms with Gasteiger partial charge < -0.3 is 20.3 Å². The van der Waals surface area contributed by atoms with Crippen LogP contribution in [-0.2, 0) is 0 Å². The molecule has 0 radical (unpaired) electrons. The van der Waals surface area contributed by atoms with Crippen LogP contribution in [0.4, 0.5) is 23.2 Å². The van der Waals surface area contributed by atoms with Crippen molar-refractivity contribution in [2.45, 2.75) is 12.5 Å². The summed E-state index contributed by atoms with van der Waals surface area (Å²) in [4.78, 5) is 0. The second kappa shape index (κ2) is 5.87. The summed E-state index contributed by atoms with van der Waals surface area (Å²) in [5.41, 5.74) is -0.264. The van der Waals surface area contributed by atoms with E-state index >= 15 is 0 Å². The topological polar surface area (TPSA) is 61.7 Å². The lowest BCUT2D eigenvalue weighted by molar-refractivity contribution is -0.274. The number of hydrogen-bond donors (Lipinski definition) is 3. The Labute approximate surface area is 99.8 Å². The zero-order chi connectivity index (χ0) is 13.8. The van der Waals surface area contributed by atoms with Crippen LogP contribution in [-0.4, -0.2) is 35.8 Å². The highest BCUT2D eigenvalue weighted by Gasteiger charge is 2.32. The first kappa shape index (κ1) is 14.5.